The number of aromatic amines is 1. The van der Waals surface area contributed by atoms with Crippen LogP contribution in [0.25, 0.3) is 10.9 Å². The van der Waals surface area contributed by atoms with Crippen LogP contribution in [0.2, 0.25) is 0 Å². The number of rotatable bonds is 5. The van der Waals surface area contributed by atoms with Crippen LogP contribution in [0.1, 0.15) is 37.3 Å². The quantitative estimate of drug-likeness (QED) is 0.521. The van der Waals surface area contributed by atoms with Crippen molar-refractivity contribution in [2.75, 3.05) is 18.5 Å². The van der Waals surface area contributed by atoms with Crippen LogP contribution in [0.5, 0.6) is 0 Å². The molecular formula is C22H24N6O4S. The molecule has 0 spiro atoms. The third-order valence-electron chi connectivity index (χ3n) is 6.48. The highest BCUT2D eigenvalue weighted by molar-refractivity contribution is 7.89. The number of benzene rings is 1. The summed E-state index contributed by atoms with van der Waals surface area (Å²) in [5.41, 5.74) is 1.59. The summed E-state index contributed by atoms with van der Waals surface area (Å²) in [6, 6.07) is 8.97. The van der Waals surface area contributed by atoms with Crippen LogP contribution in [0, 0.1) is 17.2 Å². The first-order valence-electron chi connectivity index (χ1n) is 10.9. The summed E-state index contributed by atoms with van der Waals surface area (Å²) in [5.74, 6) is 0.193. The van der Waals surface area contributed by atoms with E-state index in [0.717, 1.165) is 25.7 Å². The minimum atomic E-state index is -3.62. The van der Waals surface area contributed by atoms with E-state index >= 15 is 0 Å². The number of aliphatic hydroxyl groups is 1. The molecule has 0 saturated heterocycles. The van der Waals surface area contributed by atoms with Crippen molar-refractivity contribution < 1.29 is 13.5 Å². The summed E-state index contributed by atoms with van der Waals surface area (Å²) in [6.07, 6.45) is 5.20. The van der Waals surface area contributed by atoms with E-state index in [1.165, 1.54) is 10.4 Å². The summed E-state index contributed by atoms with van der Waals surface area (Å²) in [5, 5.41) is 27.1. The van der Waals surface area contributed by atoms with Crippen molar-refractivity contribution in [2.45, 2.75) is 43.2 Å². The van der Waals surface area contributed by atoms with Crippen LogP contribution in [0.15, 0.2) is 40.2 Å². The number of aliphatic hydroxyl groups excluding tert-OH is 1. The molecule has 11 heteroatoms. The van der Waals surface area contributed by atoms with Crippen LogP contribution in [0.4, 0.5) is 11.5 Å². The van der Waals surface area contributed by atoms with Gasteiger partial charge in [-0.3, -0.25) is 9.48 Å². The van der Waals surface area contributed by atoms with Gasteiger partial charge in [-0.2, -0.15) is 14.7 Å². The third kappa shape index (κ3) is 3.60. The molecule has 1 unspecified atom stereocenters. The lowest BCUT2D eigenvalue weighted by Crippen LogP contribution is -2.27. The van der Waals surface area contributed by atoms with Gasteiger partial charge in [0.15, 0.2) is 5.82 Å². The lowest BCUT2D eigenvalue weighted by atomic mass is 9.85. The largest absolute Gasteiger partial charge is 0.395 e. The van der Waals surface area contributed by atoms with Gasteiger partial charge in [0.1, 0.15) is 5.39 Å². The maximum absolute atomic E-state index is 12.7. The number of anilines is 2. The van der Waals surface area contributed by atoms with E-state index in [2.05, 4.69) is 16.4 Å². The molecule has 3 aromatic rings. The van der Waals surface area contributed by atoms with E-state index in [4.69, 9.17) is 5.10 Å². The number of β-amino-alcohol motifs (C(OH)–C–C–N with tert-alkyl or cyclic N) is 1. The number of nitriles is 1. The van der Waals surface area contributed by atoms with E-state index in [-0.39, 0.29) is 42.1 Å². The number of hydrogen-bond donors (Lipinski definition) is 3. The fraction of sp³-hybridized carbons (Fsp3) is 0.409. The van der Waals surface area contributed by atoms with E-state index < -0.39 is 10.0 Å². The smallest absolute Gasteiger partial charge is 0.261 e. The van der Waals surface area contributed by atoms with Crippen LogP contribution in [0.3, 0.4) is 0 Å². The molecule has 1 fully saturated rings. The van der Waals surface area contributed by atoms with Crippen molar-refractivity contribution in [3.8, 4) is 6.07 Å². The SMILES string of the molecule is N#CC1CCCC[C@@H]1n1nc(Nc2ccc3c(c2)CN(CCO)S3(=O)=O)c2c(=O)[nH]ccc21. The second-order valence-corrected chi connectivity index (χ2v) is 10.4. The lowest BCUT2D eigenvalue weighted by molar-refractivity contribution is 0.254. The molecule has 1 aliphatic carbocycles. The number of H-pyrrole nitrogens is 1. The lowest BCUT2D eigenvalue weighted by Gasteiger charge is -2.27. The van der Waals surface area contributed by atoms with Crippen molar-refractivity contribution in [1.29, 1.82) is 5.26 Å². The molecule has 1 aliphatic heterocycles. The van der Waals surface area contributed by atoms with Crippen molar-refractivity contribution >= 4 is 32.4 Å². The summed E-state index contributed by atoms with van der Waals surface area (Å²) in [6.45, 7) is -0.0452. The zero-order valence-electron chi connectivity index (χ0n) is 17.9. The fourth-order valence-corrected chi connectivity index (χ4v) is 6.49. The average molecular weight is 469 g/mol. The van der Waals surface area contributed by atoms with Gasteiger partial charge < -0.3 is 15.4 Å². The van der Waals surface area contributed by atoms with Crippen LogP contribution < -0.4 is 10.9 Å². The maximum atomic E-state index is 12.7. The number of fused-ring (bicyclic) bond motifs is 2. The number of hydrogen-bond acceptors (Lipinski definition) is 7. The molecule has 2 atom stereocenters. The monoisotopic (exact) mass is 468 g/mol. The predicted octanol–water partition coefficient (Wildman–Crippen LogP) is 2.22. The minimum absolute atomic E-state index is 0.0334. The Hall–Kier alpha value is -3.20. The van der Waals surface area contributed by atoms with Gasteiger partial charge in [0.2, 0.25) is 10.0 Å². The van der Waals surface area contributed by atoms with E-state index in [1.807, 2.05) is 0 Å². The Labute approximate surface area is 190 Å². The van der Waals surface area contributed by atoms with E-state index in [0.29, 0.717) is 28.0 Å². The summed E-state index contributed by atoms with van der Waals surface area (Å²) in [4.78, 5) is 15.6. The summed E-state index contributed by atoms with van der Waals surface area (Å²) >= 11 is 0. The zero-order valence-corrected chi connectivity index (χ0v) is 18.7. The van der Waals surface area contributed by atoms with Gasteiger partial charge in [-0.1, -0.05) is 12.8 Å². The molecule has 0 amide bonds. The molecule has 0 bridgehead atoms. The third-order valence-corrected chi connectivity index (χ3v) is 8.42. The molecule has 33 heavy (non-hydrogen) atoms. The summed E-state index contributed by atoms with van der Waals surface area (Å²) in [7, 11) is -3.62. The molecule has 2 aliphatic rings. The van der Waals surface area contributed by atoms with Crippen molar-refractivity contribution in [1.82, 2.24) is 19.1 Å². The highest BCUT2D eigenvalue weighted by atomic mass is 32.2. The number of pyridine rings is 1. The first kappa shape index (κ1) is 21.6. The Kier molecular flexibility index (Phi) is 5.44. The van der Waals surface area contributed by atoms with Crippen LogP contribution in [-0.4, -0.2) is 45.7 Å². The topological polar surface area (TPSA) is 144 Å². The molecule has 10 nitrogen and oxygen atoms in total. The van der Waals surface area contributed by atoms with Crippen molar-refractivity contribution in [3.63, 3.8) is 0 Å². The predicted molar refractivity (Wildman–Crippen MR) is 121 cm³/mol. The molecular weight excluding hydrogens is 444 g/mol. The highest BCUT2D eigenvalue weighted by Crippen LogP contribution is 2.37. The van der Waals surface area contributed by atoms with Crippen molar-refractivity contribution in [2.24, 2.45) is 5.92 Å². The maximum Gasteiger partial charge on any atom is 0.261 e. The fourth-order valence-electron chi connectivity index (χ4n) is 4.89. The molecule has 3 N–H and O–H groups in total. The molecule has 5 rings (SSSR count). The molecule has 1 saturated carbocycles. The van der Waals surface area contributed by atoms with E-state index in [1.54, 1.807) is 29.1 Å². The van der Waals surface area contributed by atoms with Crippen LogP contribution >= 0.6 is 0 Å². The molecule has 3 heterocycles. The van der Waals surface area contributed by atoms with Crippen molar-refractivity contribution in [3.05, 3.63) is 46.4 Å². The van der Waals surface area contributed by atoms with Gasteiger partial charge in [0.05, 0.1) is 35.0 Å². The molecule has 1 aromatic carbocycles. The second kappa shape index (κ2) is 8.30. The molecule has 2 aromatic heterocycles. The van der Waals surface area contributed by atoms with E-state index in [9.17, 15) is 23.6 Å². The number of nitrogens with one attached hydrogen (secondary N) is 2. The minimum Gasteiger partial charge on any atom is -0.395 e. The first-order valence-corrected chi connectivity index (χ1v) is 12.4. The number of nitrogens with zero attached hydrogens (tertiary/aromatic N) is 4. The average Bonchev–Trinajstić information content (AvgIpc) is 3.29. The standard InChI is InChI=1S/C22H24N6O4S/c23-12-14-3-1-2-4-17(14)28-18-7-8-24-22(30)20(18)21(26-28)25-16-5-6-19-15(11-16)13-27(9-10-29)33(19,31)32/h5-8,11,14,17,29H,1-4,9-10,13H2,(H,24,30)(H,25,26)/t14?,17-/m0/s1. The molecule has 172 valence electrons. The number of aromatic nitrogens is 3. The van der Waals surface area contributed by atoms with Gasteiger partial charge in [-0.25, -0.2) is 8.42 Å². The Bertz CT molecular complexity index is 1420. The Morgan fingerprint density at radius 1 is 1.27 bits per heavy atom. The Balaban J connectivity index is 1.54. The van der Waals surface area contributed by atoms with Gasteiger partial charge >= 0.3 is 0 Å². The summed E-state index contributed by atoms with van der Waals surface area (Å²) < 4.78 is 28.2. The zero-order chi connectivity index (χ0) is 23.2. The first-order chi connectivity index (χ1) is 15.9. The normalized spacial score (nSPS) is 22.2. The second-order valence-electron chi connectivity index (χ2n) is 8.46. The Morgan fingerprint density at radius 3 is 2.88 bits per heavy atom. The van der Waals surface area contributed by atoms with Gasteiger partial charge in [-0.15, -0.1) is 0 Å². The van der Waals surface area contributed by atoms with Crippen LogP contribution in [-0.2, 0) is 16.6 Å². The van der Waals surface area contributed by atoms with Gasteiger partial charge in [-0.05, 0) is 42.7 Å². The molecule has 0 radical (unpaired) electrons. The van der Waals surface area contributed by atoms with Gasteiger partial charge in [0, 0.05) is 25.0 Å². The Morgan fingerprint density at radius 2 is 2.09 bits per heavy atom. The number of sulfonamides is 1. The van der Waals surface area contributed by atoms with Gasteiger partial charge in [0.25, 0.3) is 5.56 Å². The highest BCUT2D eigenvalue weighted by Gasteiger charge is 2.34.